The zero-order valence-electron chi connectivity index (χ0n) is 15.6. The van der Waals surface area contributed by atoms with Gasteiger partial charge in [0.1, 0.15) is 17.0 Å². The Morgan fingerprint density at radius 1 is 1.26 bits per heavy atom. The first-order valence-electron chi connectivity index (χ1n) is 8.83. The van der Waals surface area contributed by atoms with Crippen LogP contribution in [0.5, 0.6) is 5.75 Å². The maximum Gasteiger partial charge on any atom is 0.342 e. The van der Waals surface area contributed by atoms with Crippen molar-refractivity contribution in [2.24, 2.45) is 5.92 Å². The number of fused-ring (bicyclic) bond motifs is 1. The first-order chi connectivity index (χ1) is 12.9. The molecule has 0 saturated heterocycles. The van der Waals surface area contributed by atoms with Crippen molar-refractivity contribution in [3.05, 3.63) is 58.5 Å². The Labute approximate surface area is 157 Å². The highest BCUT2D eigenvalue weighted by molar-refractivity contribution is 6.05. The third kappa shape index (κ3) is 3.56. The van der Waals surface area contributed by atoms with Crippen molar-refractivity contribution in [2.75, 3.05) is 7.11 Å². The molecule has 1 N–H and O–H groups in total. The number of rotatable bonds is 6. The van der Waals surface area contributed by atoms with Crippen molar-refractivity contribution >= 4 is 17.0 Å². The first kappa shape index (κ1) is 18.6. The summed E-state index contributed by atoms with van der Waals surface area (Å²) >= 11 is 0. The van der Waals surface area contributed by atoms with Gasteiger partial charge in [0.05, 0.1) is 7.11 Å². The smallest absolute Gasteiger partial charge is 0.342 e. The number of aromatic carboxylic acids is 1. The van der Waals surface area contributed by atoms with Crippen LogP contribution in [0.4, 0.5) is 0 Å². The number of methoxy groups -OCH3 is 1. The first-order valence-corrected chi connectivity index (χ1v) is 8.83. The van der Waals surface area contributed by atoms with E-state index in [1.54, 1.807) is 49.7 Å². The second-order valence-corrected chi connectivity index (χ2v) is 6.80. The van der Waals surface area contributed by atoms with Crippen LogP contribution in [-0.4, -0.2) is 27.7 Å². The summed E-state index contributed by atoms with van der Waals surface area (Å²) in [6, 6.07) is 10.6. The maximum atomic E-state index is 13.1. The lowest BCUT2D eigenvalue weighted by atomic mass is 9.96. The minimum Gasteiger partial charge on any atom is -0.497 e. The van der Waals surface area contributed by atoms with Gasteiger partial charge in [-0.15, -0.1) is 0 Å². The minimum atomic E-state index is -1.25. The topological polar surface area (TPSA) is 81.4 Å². The highest BCUT2D eigenvalue weighted by Crippen LogP contribution is 2.32. The molecule has 0 fully saturated rings. The van der Waals surface area contributed by atoms with E-state index in [0.717, 1.165) is 6.42 Å². The van der Waals surface area contributed by atoms with Crippen molar-refractivity contribution in [3.63, 3.8) is 0 Å². The van der Waals surface area contributed by atoms with Gasteiger partial charge in [0.15, 0.2) is 0 Å². The zero-order chi connectivity index (χ0) is 19.6. The van der Waals surface area contributed by atoms with Crippen LogP contribution in [0.1, 0.15) is 30.6 Å². The van der Waals surface area contributed by atoms with Crippen LogP contribution in [0.3, 0.4) is 0 Å². The van der Waals surface area contributed by atoms with E-state index in [1.807, 2.05) is 0 Å². The third-order valence-electron chi connectivity index (χ3n) is 4.52. The Morgan fingerprint density at radius 2 is 2.04 bits per heavy atom. The molecule has 0 saturated carbocycles. The monoisotopic (exact) mass is 366 g/mol. The molecule has 0 radical (unpaired) electrons. The molecule has 0 bridgehead atoms. The lowest BCUT2D eigenvalue weighted by Gasteiger charge is -2.16. The maximum absolute atomic E-state index is 13.1. The van der Waals surface area contributed by atoms with Gasteiger partial charge in [-0.05, 0) is 42.2 Å². The number of carboxylic acids is 1. The van der Waals surface area contributed by atoms with Gasteiger partial charge in [0, 0.05) is 23.7 Å². The number of nitrogens with zero attached hydrogens (tertiary/aromatic N) is 2. The van der Waals surface area contributed by atoms with E-state index in [2.05, 4.69) is 18.8 Å². The average Bonchev–Trinajstić information content (AvgIpc) is 2.66. The predicted molar refractivity (Wildman–Crippen MR) is 104 cm³/mol. The van der Waals surface area contributed by atoms with Gasteiger partial charge >= 0.3 is 5.97 Å². The van der Waals surface area contributed by atoms with Gasteiger partial charge in [0.2, 0.25) is 0 Å². The molecule has 140 valence electrons. The molecule has 0 spiro atoms. The SMILES string of the molecule is COc1cccc(-c2c(C(=O)O)c(=O)n(CCC(C)C)c3ncccc23)c1. The molecule has 6 heteroatoms. The van der Waals surface area contributed by atoms with Crippen LogP contribution in [0.25, 0.3) is 22.2 Å². The molecular weight excluding hydrogens is 344 g/mol. The van der Waals surface area contributed by atoms with E-state index in [1.165, 1.54) is 4.57 Å². The Balaban J connectivity index is 2.39. The van der Waals surface area contributed by atoms with Gasteiger partial charge < -0.3 is 9.84 Å². The normalized spacial score (nSPS) is 11.1. The molecule has 0 unspecified atom stereocenters. The van der Waals surface area contributed by atoms with Crippen molar-refractivity contribution in [1.29, 1.82) is 0 Å². The van der Waals surface area contributed by atoms with Gasteiger partial charge in [0.25, 0.3) is 5.56 Å². The number of carboxylic acid groups (broad SMARTS) is 1. The number of carbonyl (C=O) groups is 1. The predicted octanol–water partition coefficient (Wildman–Crippen LogP) is 3.82. The molecule has 1 aromatic carbocycles. The number of hydrogen-bond acceptors (Lipinski definition) is 4. The molecule has 0 aliphatic rings. The van der Waals surface area contributed by atoms with E-state index in [-0.39, 0.29) is 5.56 Å². The van der Waals surface area contributed by atoms with Gasteiger partial charge in [-0.2, -0.15) is 0 Å². The summed E-state index contributed by atoms with van der Waals surface area (Å²) in [4.78, 5) is 29.5. The summed E-state index contributed by atoms with van der Waals surface area (Å²) in [7, 11) is 1.54. The molecule has 27 heavy (non-hydrogen) atoms. The summed E-state index contributed by atoms with van der Waals surface area (Å²) in [6.45, 7) is 4.54. The molecule has 2 aromatic heterocycles. The van der Waals surface area contributed by atoms with E-state index in [4.69, 9.17) is 4.74 Å². The van der Waals surface area contributed by atoms with Gasteiger partial charge in [-0.3, -0.25) is 9.36 Å². The summed E-state index contributed by atoms with van der Waals surface area (Å²) in [5.41, 5.74) is 0.693. The Bertz CT molecular complexity index is 1050. The van der Waals surface area contributed by atoms with Crippen LogP contribution in [0.15, 0.2) is 47.4 Å². The number of pyridine rings is 2. The minimum absolute atomic E-state index is 0.243. The second-order valence-electron chi connectivity index (χ2n) is 6.80. The highest BCUT2D eigenvalue weighted by atomic mass is 16.5. The summed E-state index contributed by atoms with van der Waals surface area (Å²) in [6.07, 6.45) is 2.37. The number of benzene rings is 1. The molecular formula is C21H22N2O4. The molecule has 6 nitrogen and oxygen atoms in total. The lowest BCUT2D eigenvalue weighted by Crippen LogP contribution is -2.29. The zero-order valence-corrected chi connectivity index (χ0v) is 15.6. The molecule has 0 atom stereocenters. The molecule has 0 amide bonds. The third-order valence-corrected chi connectivity index (χ3v) is 4.52. The second kappa shape index (κ2) is 7.61. The van der Waals surface area contributed by atoms with Crippen molar-refractivity contribution in [2.45, 2.75) is 26.8 Å². The van der Waals surface area contributed by atoms with Crippen LogP contribution in [0.2, 0.25) is 0 Å². The van der Waals surface area contributed by atoms with E-state index in [9.17, 15) is 14.7 Å². The summed E-state index contributed by atoms with van der Waals surface area (Å²) in [5.74, 6) is -0.284. The molecule has 0 aliphatic heterocycles. The molecule has 0 aliphatic carbocycles. The fourth-order valence-electron chi connectivity index (χ4n) is 3.15. The largest absolute Gasteiger partial charge is 0.497 e. The number of aromatic nitrogens is 2. The standard InChI is InChI=1S/C21H22N2O4/c1-13(2)9-11-23-19-16(8-5-10-22-19)17(18(20(23)24)21(25)26)14-6-4-7-15(12-14)27-3/h4-8,10,12-13H,9,11H2,1-3H3,(H,25,26). The Morgan fingerprint density at radius 3 is 2.70 bits per heavy atom. The fraction of sp³-hybridized carbons (Fsp3) is 0.286. The van der Waals surface area contributed by atoms with E-state index >= 15 is 0 Å². The van der Waals surface area contributed by atoms with Crippen molar-refractivity contribution < 1.29 is 14.6 Å². The number of aryl methyl sites for hydroxylation is 1. The van der Waals surface area contributed by atoms with Crippen molar-refractivity contribution in [3.8, 4) is 16.9 Å². The fourth-order valence-corrected chi connectivity index (χ4v) is 3.15. The average molecular weight is 366 g/mol. The Kier molecular flexibility index (Phi) is 5.26. The Hall–Kier alpha value is -3.15. The molecule has 2 heterocycles. The molecule has 3 aromatic rings. The van der Waals surface area contributed by atoms with E-state index < -0.39 is 11.5 Å². The van der Waals surface area contributed by atoms with Crippen LogP contribution < -0.4 is 10.3 Å². The van der Waals surface area contributed by atoms with Crippen LogP contribution in [0, 0.1) is 5.92 Å². The number of ether oxygens (including phenoxy) is 1. The molecule has 3 rings (SSSR count). The lowest BCUT2D eigenvalue weighted by molar-refractivity contribution is 0.0695. The van der Waals surface area contributed by atoms with Gasteiger partial charge in [-0.25, -0.2) is 9.78 Å². The van der Waals surface area contributed by atoms with Gasteiger partial charge in [-0.1, -0.05) is 26.0 Å². The van der Waals surface area contributed by atoms with Crippen LogP contribution in [-0.2, 0) is 6.54 Å². The number of hydrogen-bond donors (Lipinski definition) is 1. The summed E-state index contributed by atoms with van der Waals surface area (Å²) in [5, 5.41) is 10.5. The van der Waals surface area contributed by atoms with Crippen LogP contribution >= 0.6 is 0 Å². The van der Waals surface area contributed by atoms with Crippen molar-refractivity contribution in [1.82, 2.24) is 9.55 Å². The quantitative estimate of drug-likeness (QED) is 0.717. The summed E-state index contributed by atoms with van der Waals surface area (Å²) < 4.78 is 6.74. The highest BCUT2D eigenvalue weighted by Gasteiger charge is 2.23. The van der Waals surface area contributed by atoms with E-state index in [0.29, 0.717) is 40.4 Å².